The van der Waals surface area contributed by atoms with Gasteiger partial charge in [0.1, 0.15) is 0 Å². The van der Waals surface area contributed by atoms with Crippen LogP contribution in [-0.2, 0) is 23.9 Å². The number of aryl methyl sites for hydroxylation is 1. The number of alkyl halides is 3. The second-order valence-corrected chi connectivity index (χ2v) is 4.14. The van der Waals surface area contributed by atoms with E-state index < -0.39 is 11.7 Å². The molecule has 2 heterocycles. The first-order chi connectivity index (χ1) is 8.43. The number of hydrogen-bond acceptors (Lipinski definition) is 1. The van der Waals surface area contributed by atoms with Crippen LogP contribution in [-0.4, -0.2) is 17.8 Å². The summed E-state index contributed by atoms with van der Waals surface area (Å²) in [6.07, 6.45) is -2.79. The summed E-state index contributed by atoms with van der Waals surface area (Å²) >= 11 is 0. The van der Waals surface area contributed by atoms with E-state index >= 15 is 0 Å². The van der Waals surface area contributed by atoms with Crippen molar-refractivity contribution in [1.29, 1.82) is 0 Å². The topological polar surface area (TPSA) is 14.2 Å². The van der Waals surface area contributed by atoms with Crippen LogP contribution >= 0.6 is 0 Å². The van der Waals surface area contributed by atoms with E-state index in [1.165, 1.54) is 13.0 Å². The normalized spacial score (nSPS) is 18.9. The second-order valence-electron chi connectivity index (χ2n) is 4.14. The summed E-state index contributed by atoms with van der Waals surface area (Å²) in [6, 6.07) is 1.27. The Hall–Kier alpha value is -0.970. The second kappa shape index (κ2) is 5.78. The van der Waals surface area contributed by atoms with Crippen molar-refractivity contribution in [3.05, 3.63) is 23.0 Å². The maximum atomic E-state index is 12.7. The molecule has 1 aromatic heterocycles. The number of methoxy groups -OCH3 is 1. The van der Waals surface area contributed by atoms with Gasteiger partial charge in [0.05, 0.1) is 11.7 Å². The van der Waals surface area contributed by atoms with Gasteiger partial charge in [-0.2, -0.15) is 13.2 Å². The van der Waals surface area contributed by atoms with Crippen molar-refractivity contribution in [2.45, 2.75) is 52.4 Å². The molecule has 1 aromatic rings. The van der Waals surface area contributed by atoms with Crippen molar-refractivity contribution in [2.24, 2.45) is 0 Å². The van der Waals surface area contributed by atoms with Gasteiger partial charge in [0.2, 0.25) is 0 Å². The summed E-state index contributed by atoms with van der Waals surface area (Å²) in [7, 11) is 1.60. The molecule has 0 saturated heterocycles. The van der Waals surface area contributed by atoms with Crippen LogP contribution in [0.15, 0.2) is 6.07 Å². The molecule has 2 rings (SSSR count). The highest BCUT2D eigenvalue weighted by atomic mass is 19.4. The van der Waals surface area contributed by atoms with Gasteiger partial charge in [-0.05, 0) is 25.8 Å². The highest BCUT2D eigenvalue weighted by molar-refractivity contribution is 5.31. The molecule has 1 atom stereocenters. The number of ether oxygens (including phenoxy) is 1. The smallest absolute Gasteiger partial charge is 0.380 e. The molecule has 0 fully saturated rings. The van der Waals surface area contributed by atoms with Crippen molar-refractivity contribution < 1.29 is 17.9 Å². The molecule has 0 N–H and O–H groups in total. The van der Waals surface area contributed by atoms with Crippen molar-refractivity contribution >= 4 is 0 Å². The van der Waals surface area contributed by atoms with Gasteiger partial charge in [-0.3, -0.25) is 0 Å². The van der Waals surface area contributed by atoms with E-state index in [4.69, 9.17) is 4.74 Å². The molecule has 0 aromatic carbocycles. The van der Waals surface area contributed by atoms with Gasteiger partial charge < -0.3 is 9.30 Å². The van der Waals surface area contributed by atoms with E-state index in [1.807, 2.05) is 13.8 Å². The Balaban J connectivity index is 0.000000771. The van der Waals surface area contributed by atoms with E-state index in [1.54, 1.807) is 11.7 Å². The zero-order chi connectivity index (χ0) is 13.9. The number of fused-ring (bicyclic) bond motifs is 1. The summed E-state index contributed by atoms with van der Waals surface area (Å²) in [5, 5.41) is 0. The van der Waals surface area contributed by atoms with Crippen molar-refractivity contribution in [3.63, 3.8) is 0 Å². The van der Waals surface area contributed by atoms with Gasteiger partial charge in [0, 0.05) is 25.0 Å². The fourth-order valence-electron chi connectivity index (χ4n) is 2.25. The van der Waals surface area contributed by atoms with E-state index in [2.05, 4.69) is 0 Å². The lowest BCUT2D eigenvalue weighted by molar-refractivity contribution is -0.138. The number of aromatic nitrogens is 1. The Morgan fingerprint density at radius 3 is 2.44 bits per heavy atom. The van der Waals surface area contributed by atoms with Crippen molar-refractivity contribution in [1.82, 2.24) is 4.57 Å². The van der Waals surface area contributed by atoms with E-state index in [0.29, 0.717) is 18.7 Å². The summed E-state index contributed by atoms with van der Waals surface area (Å²) < 4.78 is 44.9. The van der Waals surface area contributed by atoms with Crippen LogP contribution in [0.5, 0.6) is 0 Å². The van der Waals surface area contributed by atoms with Crippen LogP contribution in [0.4, 0.5) is 13.2 Å². The van der Waals surface area contributed by atoms with Gasteiger partial charge in [0.15, 0.2) is 0 Å². The molecule has 0 amide bonds. The number of halogens is 3. The predicted molar refractivity (Wildman–Crippen MR) is 64.6 cm³/mol. The van der Waals surface area contributed by atoms with Gasteiger partial charge in [-0.15, -0.1) is 0 Å². The molecule has 0 aliphatic carbocycles. The van der Waals surface area contributed by atoms with E-state index in [9.17, 15) is 13.2 Å². The molecule has 1 aliphatic heterocycles. The number of hydrogen-bond donors (Lipinski definition) is 0. The third kappa shape index (κ3) is 2.88. The maximum Gasteiger partial charge on any atom is 0.418 e. The molecular formula is C13H20F3NO. The summed E-state index contributed by atoms with van der Waals surface area (Å²) in [5.41, 5.74) is 0.543. The first-order valence-electron chi connectivity index (χ1n) is 6.22. The highest BCUT2D eigenvalue weighted by Crippen LogP contribution is 2.35. The molecule has 0 radical (unpaired) electrons. The average molecular weight is 263 g/mol. The summed E-state index contributed by atoms with van der Waals surface area (Å²) in [4.78, 5) is 0. The Morgan fingerprint density at radius 2 is 1.94 bits per heavy atom. The molecule has 0 spiro atoms. The zero-order valence-electron chi connectivity index (χ0n) is 11.3. The van der Waals surface area contributed by atoms with Gasteiger partial charge in [0.25, 0.3) is 0 Å². The number of nitrogens with zero attached hydrogens (tertiary/aromatic N) is 1. The monoisotopic (exact) mass is 263 g/mol. The van der Waals surface area contributed by atoms with Crippen LogP contribution in [0.2, 0.25) is 0 Å². The van der Waals surface area contributed by atoms with Gasteiger partial charge in [-0.25, -0.2) is 0 Å². The Morgan fingerprint density at radius 1 is 1.33 bits per heavy atom. The molecule has 18 heavy (non-hydrogen) atoms. The largest absolute Gasteiger partial charge is 0.418 e. The Kier molecular flexibility index (Phi) is 4.85. The summed E-state index contributed by atoms with van der Waals surface area (Å²) in [6.45, 7) is 6.04. The molecule has 2 nitrogen and oxygen atoms in total. The minimum Gasteiger partial charge on any atom is -0.380 e. The zero-order valence-corrected chi connectivity index (χ0v) is 11.3. The fourth-order valence-corrected chi connectivity index (χ4v) is 2.25. The molecule has 1 unspecified atom stereocenters. The minimum atomic E-state index is -4.25. The van der Waals surface area contributed by atoms with E-state index in [0.717, 1.165) is 12.1 Å². The van der Waals surface area contributed by atoms with Gasteiger partial charge in [-0.1, -0.05) is 13.8 Å². The van der Waals surface area contributed by atoms with Crippen LogP contribution in [0.25, 0.3) is 0 Å². The lowest BCUT2D eigenvalue weighted by Crippen LogP contribution is -2.26. The summed E-state index contributed by atoms with van der Waals surface area (Å²) in [5.74, 6) is 0. The lowest BCUT2D eigenvalue weighted by atomic mass is 10.1. The van der Waals surface area contributed by atoms with Crippen molar-refractivity contribution in [2.75, 3.05) is 7.11 Å². The quantitative estimate of drug-likeness (QED) is 0.751. The maximum absolute atomic E-state index is 12.7. The third-order valence-electron chi connectivity index (χ3n) is 3.20. The SMILES string of the molecule is CC.COC1CCc2cc(C(F)(F)F)c(C)n2C1. The molecular weight excluding hydrogens is 243 g/mol. The first-order valence-corrected chi connectivity index (χ1v) is 6.22. The standard InChI is InChI=1S/C11H14F3NO.C2H6/c1-7-10(11(12,13)14)5-8-3-4-9(16-2)6-15(7)8;1-2/h5,9H,3-4,6H2,1-2H3;1-2H3. The molecule has 1 aliphatic rings. The highest BCUT2D eigenvalue weighted by Gasteiger charge is 2.36. The fraction of sp³-hybridized carbons (Fsp3) is 0.692. The Bertz CT molecular complexity index is 396. The van der Waals surface area contributed by atoms with Crippen LogP contribution in [0.1, 0.15) is 37.2 Å². The van der Waals surface area contributed by atoms with E-state index in [-0.39, 0.29) is 6.10 Å². The Labute approximate surface area is 106 Å². The predicted octanol–water partition coefficient (Wildman–Crippen LogP) is 3.80. The molecule has 0 saturated carbocycles. The van der Waals surface area contributed by atoms with Crippen LogP contribution in [0.3, 0.4) is 0 Å². The average Bonchev–Trinajstić information content (AvgIpc) is 2.69. The third-order valence-corrected chi connectivity index (χ3v) is 3.20. The molecule has 0 bridgehead atoms. The lowest BCUT2D eigenvalue weighted by Gasteiger charge is -2.24. The number of rotatable bonds is 1. The minimum absolute atomic E-state index is 0.0275. The van der Waals surface area contributed by atoms with Crippen LogP contribution < -0.4 is 0 Å². The van der Waals surface area contributed by atoms with Crippen molar-refractivity contribution in [3.8, 4) is 0 Å². The molecule has 5 heteroatoms. The van der Waals surface area contributed by atoms with Gasteiger partial charge >= 0.3 is 6.18 Å². The first kappa shape index (κ1) is 15.1. The molecule has 104 valence electrons. The van der Waals surface area contributed by atoms with Crippen LogP contribution in [0, 0.1) is 6.92 Å².